The molecule has 1 fully saturated rings. The molecule has 19 heavy (non-hydrogen) atoms. The number of aryl methyl sites for hydroxylation is 1. The molecule has 0 saturated carbocycles. The van der Waals surface area contributed by atoms with Crippen molar-refractivity contribution in [3.8, 4) is 0 Å². The average molecular weight is 262 g/mol. The summed E-state index contributed by atoms with van der Waals surface area (Å²) >= 11 is 0. The summed E-state index contributed by atoms with van der Waals surface area (Å²) in [7, 11) is 0. The maximum atomic E-state index is 4.63. The van der Waals surface area contributed by atoms with Crippen LogP contribution in [0.25, 0.3) is 0 Å². The van der Waals surface area contributed by atoms with Crippen molar-refractivity contribution in [3.63, 3.8) is 0 Å². The number of aromatic nitrogens is 2. The van der Waals surface area contributed by atoms with E-state index in [9.17, 15) is 0 Å². The molecule has 0 unspecified atom stereocenters. The van der Waals surface area contributed by atoms with Gasteiger partial charge >= 0.3 is 0 Å². The van der Waals surface area contributed by atoms with Gasteiger partial charge in [-0.25, -0.2) is 4.98 Å². The Kier molecular flexibility index (Phi) is 3.89. The summed E-state index contributed by atoms with van der Waals surface area (Å²) in [6.07, 6.45) is 4.93. The second kappa shape index (κ2) is 5.63. The second-order valence-corrected chi connectivity index (χ2v) is 6.10. The van der Waals surface area contributed by atoms with Crippen molar-refractivity contribution >= 4 is 0 Å². The topological polar surface area (TPSA) is 24.3 Å². The van der Waals surface area contributed by atoms with Crippen molar-refractivity contribution in [3.05, 3.63) is 17.7 Å². The maximum Gasteiger partial charge on any atom is 0.123 e. The molecule has 4 nitrogen and oxygen atoms in total. The van der Waals surface area contributed by atoms with Crippen LogP contribution in [-0.2, 0) is 13.1 Å². The van der Waals surface area contributed by atoms with Crippen molar-refractivity contribution in [2.75, 3.05) is 32.7 Å². The first-order valence-corrected chi connectivity index (χ1v) is 7.72. The summed E-state index contributed by atoms with van der Waals surface area (Å²) < 4.78 is 2.32. The number of fused-ring (bicyclic) bond motifs is 1. The Bertz CT molecular complexity index is 418. The molecule has 0 aromatic carbocycles. The molecule has 2 aliphatic rings. The summed E-state index contributed by atoms with van der Waals surface area (Å²) in [6, 6.07) is 0. The van der Waals surface area contributed by atoms with Gasteiger partial charge in [0.2, 0.25) is 0 Å². The highest BCUT2D eigenvalue weighted by atomic mass is 15.2. The number of hydrogen-bond acceptors (Lipinski definition) is 3. The van der Waals surface area contributed by atoms with E-state index in [0.29, 0.717) is 0 Å². The molecule has 1 saturated heterocycles. The van der Waals surface area contributed by atoms with Crippen molar-refractivity contribution in [2.45, 2.75) is 39.8 Å². The summed E-state index contributed by atoms with van der Waals surface area (Å²) in [5.41, 5.74) is 1.16. The first kappa shape index (κ1) is 13.1. The zero-order valence-corrected chi connectivity index (χ0v) is 12.3. The first-order valence-electron chi connectivity index (χ1n) is 7.72. The quantitative estimate of drug-likeness (QED) is 0.829. The number of imidazole rings is 1. The van der Waals surface area contributed by atoms with Crippen molar-refractivity contribution < 1.29 is 0 Å². The zero-order chi connectivity index (χ0) is 13.2. The lowest BCUT2D eigenvalue weighted by Crippen LogP contribution is -2.41. The number of hydrogen-bond donors (Lipinski definition) is 0. The van der Waals surface area contributed by atoms with Crippen LogP contribution in [0.3, 0.4) is 0 Å². The van der Waals surface area contributed by atoms with E-state index in [1.165, 1.54) is 51.4 Å². The fourth-order valence-corrected chi connectivity index (χ4v) is 3.45. The van der Waals surface area contributed by atoms with Gasteiger partial charge in [-0.05, 0) is 45.3 Å². The first-order chi connectivity index (χ1) is 9.24. The van der Waals surface area contributed by atoms with E-state index in [1.54, 1.807) is 0 Å². The predicted octanol–water partition coefficient (Wildman–Crippen LogP) is 1.74. The van der Waals surface area contributed by atoms with Gasteiger partial charge in [0.1, 0.15) is 5.82 Å². The fourth-order valence-electron chi connectivity index (χ4n) is 3.45. The Hall–Kier alpha value is -0.870. The minimum absolute atomic E-state index is 0.894. The lowest BCUT2D eigenvalue weighted by Gasteiger charge is -2.35. The van der Waals surface area contributed by atoms with Crippen molar-refractivity contribution in [1.29, 1.82) is 0 Å². The highest BCUT2D eigenvalue weighted by Crippen LogP contribution is 2.20. The van der Waals surface area contributed by atoms with Crippen LogP contribution in [0.4, 0.5) is 0 Å². The molecule has 1 aromatic rings. The third kappa shape index (κ3) is 3.00. The SMILES string of the molecule is CCN1CCC(CN2CCn3cc(C)nc3C2)CC1. The second-order valence-electron chi connectivity index (χ2n) is 6.10. The molecule has 0 atom stereocenters. The summed E-state index contributed by atoms with van der Waals surface area (Å²) in [5.74, 6) is 2.15. The Morgan fingerprint density at radius 2 is 1.95 bits per heavy atom. The molecule has 0 bridgehead atoms. The highest BCUT2D eigenvalue weighted by Gasteiger charge is 2.23. The van der Waals surface area contributed by atoms with Crippen LogP contribution in [-0.4, -0.2) is 52.1 Å². The van der Waals surface area contributed by atoms with E-state index in [1.807, 2.05) is 0 Å². The monoisotopic (exact) mass is 262 g/mol. The minimum atomic E-state index is 0.894. The zero-order valence-electron chi connectivity index (χ0n) is 12.3. The van der Waals surface area contributed by atoms with Crippen LogP contribution in [0.2, 0.25) is 0 Å². The molecule has 0 radical (unpaired) electrons. The number of nitrogens with zero attached hydrogens (tertiary/aromatic N) is 4. The fraction of sp³-hybridized carbons (Fsp3) is 0.800. The van der Waals surface area contributed by atoms with Gasteiger partial charge in [-0.2, -0.15) is 0 Å². The van der Waals surface area contributed by atoms with Crippen LogP contribution in [0.15, 0.2) is 6.20 Å². The summed E-state index contributed by atoms with van der Waals surface area (Å²) in [6.45, 7) is 12.8. The molecule has 3 heterocycles. The summed E-state index contributed by atoms with van der Waals surface area (Å²) in [5, 5.41) is 0. The minimum Gasteiger partial charge on any atom is -0.332 e. The molecule has 3 rings (SSSR count). The van der Waals surface area contributed by atoms with E-state index in [2.05, 4.69) is 39.4 Å². The Morgan fingerprint density at radius 3 is 2.68 bits per heavy atom. The molecule has 106 valence electrons. The van der Waals surface area contributed by atoms with Crippen molar-refractivity contribution in [2.24, 2.45) is 5.92 Å². The van der Waals surface area contributed by atoms with Gasteiger partial charge < -0.3 is 9.47 Å². The largest absolute Gasteiger partial charge is 0.332 e. The van der Waals surface area contributed by atoms with Gasteiger partial charge in [0, 0.05) is 25.8 Å². The van der Waals surface area contributed by atoms with E-state index < -0.39 is 0 Å². The van der Waals surface area contributed by atoms with E-state index in [-0.39, 0.29) is 0 Å². The van der Waals surface area contributed by atoms with Crippen molar-refractivity contribution in [1.82, 2.24) is 19.4 Å². The smallest absolute Gasteiger partial charge is 0.123 e. The molecular weight excluding hydrogens is 236 g/mol. The van der Waals surface area contributed by atoms with Gasteiger partial charge in [0.15, 0.2) is 0 Å². The number of piperidine rings is 1. The van der Waals surface area contributed by atoms with Crippen LogP contribution in [0.5, 0.6) is 0 Å². The van der Waals surface area contributed by atoms with Gasteiger partial charge in [0.25, 0.3) is 0 Å². The maximum absolute atomic E-state index is 4.63. The van der Waals surface area contributed by atoms with E-state index in [0.717, 1.165) is 24.7 Å². The van der Waals surface area contributed by atoms with Gasteiger partial charge in [-0.15, -0.1) is 0 Å². The standard InChI is InChI=1S/C15H26N4/c1-3-17-6-4-14(5-7-17)11-18-8-9-19-10-13(2)16-15(19)12-18/h10,14H,3-9,11-12H2,1-2H3. The number of likely N-dealkylation sites (tertiary alicyclic amines) is 1. The van der Waals surface area contributed by atoms with Gasteiger partial charge in [-0.3, -0.25) is 4.90 Å². The lowest BCUT2D eigenvalue weighted by molar-refractivity contribution is 0.129. The number of rotatable bonds is 3. The normalized spacial score (nSPS) is 22.6. The molecule has 0 aliphatic carbocycles. The highest BCUT2D eigenvalue weighted by molar-refractivity contribution is 5.04. The molecule has 0 N–H and O–H groups in total. The molecule has 2 aliphatic heterocycles. The molecule has 0 amide bonds. The average Bonchev–Trinajstić information content (AvgIpc) is 2.79. The molecule has 4 heteroatoms. The lowest BCUT2D eigenvalue weighted by atomic mass is 9.96. The summed E-state index contributed by atoms with van der Waals surface area (Å²) in [4.78, 5) is 9.81. The van der Waals surface area contributed by atoms with E-state index >= 15 is 0 Å². The molecule has 0 spiro atoms. The van der Waals surface area contributed by atoms with Crippen LogP contribution in [0, 0.1) is 12.8 Å². The third-order valence-electron chi connectivity index (χ3n) is 4.67. The van der Waals surface area contributed by atoms with Gasteiger partial charge in [-0.1, -0.05) is 6.92 Å². The van der Waals surface area contributed by atoms with Crippen LogP contribution in [0.1, 0.15) is 31.3 Å². The Balaban J connectivity index is 1.52. The Morgan fingerprint density at radius 1 is 1.16 bits per heavy atom. The third-order valence-corrected chi connectivity index (χ3v) is 4.67. The molecule has 1 aromatic heterocycles. The van der Waals surface area contributed by atoms with Crippen LogP contribution < -0.4 is 0 Å². The van der Waals surface area contributed by atoms with Crippen LogP contribution >= 0.6 is 0 Å². The predicted molar refractivity (Wildman–Crippen MR) is 77.1 cm³/mol. The van der Waals surface area contributed by atoms with Gasteiger partial charge in [0.05, 0.1) is 12.2 Å². The van der Waals surface area contributed by atoms with E-state index in [4.69, 9.17) is 0 Å². The Labute approximate surface area is 116 Å². The molecular formula is C15H26N4.